The Labute approximate surface area is 70.6 Å². The second kappa shape index (κ2) is 3.10. The van der Waals surface area contributed by atoms with Crippen molar-refractivity contribution in [2.24, 2.45) is 0 Å². The zero-order valence-corrected chi connectivity index (χ0v) is 7.15. The van der Waals surface area contributed by atoms with Crippen LogP contribution in [0.3, 0.4) is 0 Å². The van der Waals surface area contributed by atoms with E-state index in [9.17, 15) is 9.59 Å². The van der Waals surface area contributed by atoms with Gasteiger partial charge in [0.1, 0.15) is 12.6 Å². The zero-order chi connectivity index (χ0) is 9.30. The molecule has 1 heterocycles. The zero-order valence-electron chi connectivity index (χ0n) is 7.15. The minimum atomic E-state index is -1.02. The lowest BCUT2D eigenvalue weighted by Crippen LogP contribution is -2.36. The topological polar surface area (TPSA) is 60.9 Å². The van der Waals surface area contributed by atoms with E-state index in [1.54, 1.807) is 7.05 Å². The molecular formula is C7H12N2O3. The van der Waals surface area contributed by atoms with Crippen LogP contribution in [0.5, 0.6) is 0 Å². The largest absolute Gasteiger partial charge is 0.384 e. The standard InChI is InChI=1S/C7H12N2O3/c1-5(10)7(12)9-3-6(11)8(2)4-9/h5,10H,3-4H2,1-2H3/t5-/m1/s1. The molecule has 1 fully saturated rings. The molecule has 0 spiro atoms. The van der Waals surface area contributed by atoms with Crippen LogP contribution in [0.2, 0.25) is 0 Å². The van der Waals surface area contributed by atoms with Gasteiger partial charge in [-0.1, -0.05) is 0 Å². The van der Waals surface area contributed by atoms with Crippen LogP contribution >= 0.6 is 0 Å². The molecule has 0 radical (unpaired) electrons. The van der Waals surface area contributed by atoms with Crippen LogP contribution in [-0.2, 0) is 9.59 Å². The second-order valence-corrected chi connectivity index (χ2v) is 2.95. The molecule has 1 aliphatic rings. The van der Waals surface area contributed by atoms with Crippen molar-refractivity contribution in [3.63, 3.8) is 0 Å². The molecule has 0 bridgehead atoms. The summed E-state index contributed by atoms with van der Waals surface area (Å²) in [5.41, 5.74) is 0. The fourth-order valence-electron chi connectivity index (χ4n) is 1.08. The lowest BCUT2D eigenvalue weighted by molar-refractivity contribution is -0.139. The molecule has 1 aliphatic heterocycles. The van der Waals surface area contributed by atoms with Crippen molar-refractivity contribution in [3.8, 4) is 0 Å². The first-order chi connectivity index (χ1) is 5.52. The third-order valence-corrected chi connectivity index (χ3v) is 1.80. The van der Waals surface area contributed by atoms with Crippen LogP contribution in [0, 0.1) is 0 Å². The molecule has 0 saturated carbocycles. The van der Waals surface area contributed by atoms with Crippen LogP contribution in [0.25, 0.3) is 0 Å². The second-order valence-electron chi connectivity index (χ2n) is 2.95. The maximum Gasteiger partial charge on any atom is 0.253 e. The van der Waals surface area contributed by atoms with E-state index in [4.69, 9.17) is 5.11 Å². The Kier molecular flexibility index (Phi) is 2.32. The fourth-order valence-corrected chi connectivity index (χ4v) is 1.08. The Bertz CT molecular complexity index is 215. The molecule has 0 aliphatic carbocycles. The normalized spacial score (nSPS) is 20.1. The number of amides is 2. The highest BCUT2D eigenvalue weighted by Gasteiger charge is 2.29. The number of nitrogens with zero attached hydrogens (tertiary/aromatic N) is 2. The summed E-state index contributed by atoms with van der Waals surface area (Å²) >= 11 is 0. The molecule has 2 amide bonds. The summed E-state index contributed by atoms with van der Waals surface area (Å²) in [6, 6.07) is 0. The molecule has 5 heteroatoms. The number of carbonyl (C=O) groups is 2. The summed E-state index contributed by atoms with van der Waals surface area (Å²) in [5.74, 6) is -0.489. The summed E-state index contributed by atoms with van der Waals surface area (Å²) in [7, 11) is 1.62. The number of hydrogen-bond acceptors (Lipinski definition) is 3. The van der Waals surface area contributed by atoms with Gasteiger partial charge in [-0.3, -0.25) is 9.59 Å². The summed E-state index contributed by atoms with van der Waals surface area (Å²) in [5, 5.41) is 8.93. The van der Waals surface area contributed by atoms with Gasteiger partial charge in [-0.15, -0.1) is 0 Å². The molecule has 0 aromatic rings. The molecule has 12 heavy (non-hydrogen) atoms. The highest BCUT2D eigenvalue weighted by molar-refractivity contribution is 5.89. The van der Waals surface area contributed by atoms with Gasteiger partial charge in [0.15, 0.2) is 0 Å². The van der Waals surface area contributed by atoms with E-state index in [2.05, 4.69) is 0 Å². The van der Waals surface area contributed by atoms with E-state index in [1.165, 1.54) is 16.7 Å². The van der Waals surface area contributed by atoms with E-state index < -0.39 is 12.0 Å². The average molecular weight is 172 g/mol. The van der Waals surface area contributed by atoms with Crippen molar-refractivity contribution in [3.05, 3.63) is 0 Å². The van der Waals surface area contributed by atoms with Gasteiger partial charge in [0.2, 0.25) is 5.91 Å². The summed E-state index contributed by atoms with van der Waals surface area (Å²) in [6.07, 6.45) is -1.02. The third-order valence-electron chi connectivity index (χ3n) is 1.80. The van der Waals surface area contributed by atoms with Gasteiger partial charge in [-0.25, -0.2) is 0 Å². The maximum absolute atomic E-state index is 11.1. The minimum absolute atomic E-state index is 0.0836. The van der Waals surface area contributed by atoms with Gasteiger partial charge in [0.05, 0.1) is 6.67 Å². The van der Waals surface area contributed by atoms with Crippen molar-refractivity contribution < 1.29 is 14.7 Å². The Hall–Kier alpha value is -1.10. The molecule has 1 saturated heterocycles. The molecule has 0 unspecified atom stereocenters. The first-order valence-corrected chi connectivity index (χ1v) is 3.73. The minimum Gasteiger partial charge on any atom is -0.384 e. The first-order valence-electron chi connectivity index (χ1n) is 3.73. The SMILES string of the molecule is C[C@@H](O)C(=O)N1CC(=O)N(C)C1. The maximum atomic E-state index is 11.1. The lowest BCUT2D eigenvalue weighted by atomic mass is 10.3. The van der Waals surface area contributed by atoms with Gasteiger partial charge in [0, 0.05) is 7.05 Å². The number of hydrogen-bond donors (Lipinski definition) is 1. The molecule has 0 aromatic carbocycles. The quantitative estimate of drug-likeness (QED) is 0.530. The first kappa shape index (κ1) is 8.99. The van der Waals surface area contributed by atoms with Gasteiger partial charge in [0.25, 0.3) is 5.91 Å². The molecule has 1 rings (SSSR count). The van der Waals surface area contributed by atoms with E-state index >= 15 is 0 Å². The van der Waals surface area contributed by atoms with Gasteiger partial charge in [-0.2, -0.15) is 0 Å². The van der Waals surface area contributed by atoms with Crippen LogP contribution in [0.1, 0.15) is 6.92 Å². The number of rotatable bonds is 1. The van der Waals surface area contributed by atoms with E-state index in [-0.39, 0.29) is 19.1 Å². The van der Waals surface area contributed by atoms with Crippen LogP contribution in [0.4, 0.5) is 0 Å². The summed E-state index contributed by atoms with van der Waals surface area (Å²) < 4.78 is 0. The van der Waals surface area contributed by atoms with Gasteiger partial charge < -0.3 is 14.9 Å². The van der Waals surface area contributed by atoms with Gasteiger partial charge >= 0.3 is 0 Å². The molecule has 1 N–H and O–H groups in total. The third kappa shape index (κ3) is 1.55. The van der Waals surface area contributed by atoms with Crippen LogP contribution < -0.4 is 0 Å². The van der Waals surface area contributed by atoms with Gasteiger partial charge in [-0.05, 0) is 6.92 Å². The van der Waals surface area contributed by atoms with E-state index in [0.717, 1.165) is 0 Å². The Morgan fingerprint density at radius 1 is 1.67 bits per heavy atom. The number of aliphatic hydroxyl groups is 1. The highest BCUT2D eigenvalue weighted by atomic mass is 16.3. The highest BCUT2D eigenvalue weighted by Crippen LogP contribution is 2.05. The Morgan fingerprint density at radius 3 is 2.58 bits per heavy atom. The summed E-state index contributed by atoms with van der Waals surface area (Å²) in [6.45, 7) is 1.76. The Balaban J connectivity index is 2.57. The predicted molar refractivity (Wildman–Crippen MR) is 41.0 cm³/mol. The lowest BCUT2D eigenvalue weighted by Gasteiger charge is -2.16. The Morgan fingerprint density at radius 2 is 2.25 bits per heavy atom. The van der Waals surface area contributed by atoms with Crippen LogP contribution in [-0.4, -0.2) is 53.1 Å². The van der Waals surface area contributed by atoms with Crippen molar-refractivity contribution in [2.45, 2.75) is 13.0 Å². The van der Waals surface area contributed by atoms with Crippen LogP contribution in [0.15, 0.2) is 0 Å². The number of likely N-dealkylation sites (N-methyl/N-ethyl adjacent to an activating group) is 1. The predicted octanol–water partition coefficient (Wildman–Crippen LogP) is -1.37. The number of carbonyl (C=O) groups excluding carboxylic acids is 2. The molecular weight excluding hydrogens is 160 g/mol. The smallest absolute Gasteiger partial charge is 0.253 e. The molecule has 68 valence electrons. The van der Waals surface area contributed by atoms with E-state index in [0.29, 0.717) is 0 Å². The molecule has 5 nitrogen and oxygen atoms in total. The van der Waals surface area contributed by atoms with Crippen molar-refractivity contribution in [2.75, 3.05) is 20.3 Å². The monoisotopic (exact) mass is 172 g/mol. The molecule has 1 atom stereocenters. The van der Waals surface area contributed by atoms with Crippen molar-refractivity contribution in [1.82, 2.24) is 9.80 Å². The fraction of sp³-hybridized carbons (Fsp3) is 0.714. The summed E-state index contributed by atoms with van der Waals surface area (Å²) in [4.78, 5) is 24.9. The van der Waals surface area contributed by atoms with Crippen molar-refractivity contribution in [1.29, 1.82) is 0 Å². The van der Waals surface area contributed by atoms with E-state index in [1.807, 2.05) is 0 Å². The molecule has 0 aromatic heterocycles. The average Bonchev–Trinajstić information content (AvgIpc) is 2.30. The van der Waals surface area contributed by atoms with Crippen molar-refractivity contribution >= 4 is 11.8 Å². The number of aliphatic hydroxyl groups excluding tert-OH is 1.